The summed E-state index contributed by atoms with van der Waals surface area (Å²) in [6, 6.07) is 0. The Morgan fingerprint density at radius 2 is 1.53 bits per heavy atom. The number of rotatable bonds is 10. The maximum Gasteiger partial charge on any atom is 0.187 e. The number of hydrogen-bond donors (Lipinski definition) is 10. The van der Waals surface area contributed by atoms with Crippen molar-refractivity contribution in [1.82, 2.24) is 0 Å². The molecule has 6 fully saturated rings. The number of aliphatic hydroxyl groups excluding tert-OH is 9. The van der Waals surface area contributed by atoms with Gasteiger partial charge < -0.3 is 70.0 Å². The summed E-state index contributed by atoms with van der Waals surface area (Å²) in [5.41, 5.74) is -2.23. The van der Waals surface area contributed by atoms with Gasteiger partial charge in [-0.15, -0.1) is 0 Å². The van der Waals surface area contributed by atoms with Gasteiger partial charge in [-0.2, -0.15) is 0 Å². The molecule has 0 spiro atoms. The summed E-state index contributed by atoms with van der Waals surface area (Å²) < 4.78 is 22.7. The second kappa shape index (κ2) is 15.0. The highest BCUT2D eigenvalue weighted by molar-refractivity contribution is 5.21. The van der Waals surface area contributed by atoms with Crippen LogP contribution < -0.4 is 0 Å². The largest absolute Gasteiger partial charge is 0.394 e. The van der Waals surface area contributed by atoms with Gasteiger partial charge in [-0.1, -0.05) is 39.8 Å². The fourth-order valence-electron chi connectivity index (χ4n) is 11.6. The first-order valence-corrected chi connectivity index (χ1v) is 19.0. The summed E-state index contributed by atoms with van der Waals surface area (Å²) in [5.74, 6) is -0.987. The Balaban J connectivity index is 1.06. The molecule has 21 atom stereocenters. The molecule has 4 aliphatic carbocycles. The molecule has 0 aromatic rings. The van der Waals surface area contributed by atoms with Crippen molar-refractivity contribution < 1.29 is 70.0 Å². The summed E-state index contributed by atoms with van der Waals surface area (Å²) in [5, 5.41) is 107. The predicted molar refractivity (Wildman–Crippen MR) is 179 cm³/mol. The number of aliphatic hydroxyl groups is 10. The van der Waals surface area contributed by atoms with E-state index in [1.54, 1.807) is 0 Å². The van der Waals surface area contributed by atoms with E-state index in [9.17, 15) is 51.1 Å². The van der Waals surface area contributed by atoms with E-state index in [2.05, 4.69) is 26.0 Å². The molecule has 0 amide bonds. The van der Waals surface area contributed by atoms with Gasteiger partial charge >= 0.3 is 0 Å². The van der Waals surface area contributed by atoms with E-state index in [0.717, 1.165) is 6.42 Å². The topological polar surface area (TPSA) is 239 Å². The molecule has 294 valence electrons. The predicted octanol–water partition coefficient (Wildman–Crippen LogP) is -0.829. The van der Waals surface area contributed by atoms with Crippen LogP contribution in [0.3, 0.4) is 0 Å². The van der Waals surface area contributed by atoms with E-state index in [1.807, 2.05) is 13.8 Å². The van der Waals surface area contributed by atoms with Crippen molar-refractivity contribution in [1.29, 1.82) is 0 Å². The molecule has 0 bridgehead atoms. The minimum Gasteiger partial charge on any atom is -0.394 e. The third-order valence-electron chi connectivity index (χ3n) is 14.2. The van der Waals surface area contributed by atoms with Crippen LogP contribution in [0.25, 0.3) is 0 Å². The van der Waals surface area contributed by atoms with Gasteiger partial charge in [0.1, 0.15) is 36.6 Å². The van der Waals surface area contributed by atoms with Gasteiger partial charge in [-0.05, 0) is 73.0 Å². The highest BCUT2D eigenvalue weighted by Crippen LogP contribution is 2.69. The van der Waals surface area contributed by atoms with Crippen LogP contribution >= 0.6 is 0 Å². The zero-order chi connectivity index (χ0) is 37.2. The van der Waals surface area contributed by atoms with Crippen LogP contribution in [0, 0.1) is 46.3 Å². The number of hydrogen-bond acceptors (Lipinski definition) is 14. The average molecular weight is 731 g/mol. The van der Waals surface area contributed by atoms with Gasteiger partial charge in [0.25, 0.3) is 0 Å². The number of fused-ring (bicyclic) bond motifs is 5. The molecule has 10 N–H and O–H groups in total. The Bertz CT molecular complexity index is 1220. The second-order valence-electron chi connectivity index (χ2n) is 17.4. The molecule has 0 radical (unpaired) electrons. The molecule has 0 aromatic heterocycles. The number of ether oxygens (including phenoxy) is 4. The van der Waals surface area contributed by atoms with Crippen LogP contribution in [0.1, 0.15) is 72.6 Å². The Kier molecular flexibility index (Phi) is 11.7. The van der Waals surface area contributed by atoms with E-state index in [1.165, 1.54) is 0 Å². The lowest BCUT2D eigenvalue weighted by atomic mass is 9.41. The molecule has 0 unspecified atom stereocenters. The summed E-state index contributed by atoms with van der Waals surface area (Å²) in [4.78, 5) is 0. The molecule has 14 heteroatoms. The first kappa shape index (κ1) is 39.9. The standard InChI is InChI=1S/C37H62O14/c1-17(15-48-34-31(29(45)24(14-38)50-34)51-33-30(46)28(44)23(42)16-49-33)6-5-7-18(2)19-12-21(40)32-35(19,3)11-9-25-36(4)10-8-20(39)27(43)26(36)22(41)13-37(25,32)47/h5,7,17-34,38-47H,6,8-16H2,1-4H3/b7-5+/t17-,18-,19-,20+,21-,22+,23-,24-,25-,26+,27+,28+,29-,30-,31+,32-,33+,34+,35-,36-,37+/m1/s1. The molecule has 2 heterocycles. The Hall–Kier alpha value is -0.820. The van der Waals surface area contributed by atoms with Crippen molar-refractivity contribution in [3.8, 4) is 0 Å². The van der Waals surface area contributed by atoms with Crippen LogP contribution in [0.2, 0.25) is 0 Å². The minimum absolute atomic E-state index is 0.00643. The summed E-state index contributed by atoms with van der Waals surface area (Å²) in [6.45, 7) is 7.78. The monoisotopic (exact) mass is 730 g/mol. The van der Waals surface area contributed by atoms with Crippen molar-refractivity contribution in [2.75, 3.05) is 19.8 Å². The lowest BCUT2D eigenvalue weighted by molar-refractivity contribution is -0.303. The van der Waals surface area contributed by atoms with Crippen molar-refractivity contribution in [3.05, 3.63) is 12.2 Å². The molecule has 2 saturated heterocycles. The minimum atomic E-state index is -1.57. The van der Waals surface area contributed by atoms with Crippen LogP contribution in [0.15, 0.2) is 12.2 Å². The lowest BCUT2D eigenvalue weighted by Gasteiger charge is -2.66. The molecular formula is C37H62O14. The maximum atomic E-state index is 12.5. The quantitative estimate of drug-likeness (QED) is 0.124. The van der Waals surface area contributed by atoms with Crippen LogP contribution in [-0.2, 0) is 18.9 Å². The van der Waals surface area contributed by atoms with Gasteiger partial charge in [0, 0.05) is 18.3 Å². The Morgan fingerprint density at radius 3 is 2.24 bits per heavy atom. The van der Waals surface area contributed by atoms with E-state index in [4.69, 9.17) is 18.9 Å². The zero-order valence-corrected chi connectivity index (χ0v) is 30.2. The molecule has 2 aliphatic heterocycles. The molecule has 6 aliphatic rings. The summed E-state index contributed by atoms with van der Waals surface area (Å²) in [6.07, 6.45) is -5.85. The highest BCUT2D eigenvalue weighted by Gasteiger charge is 2.71. The fourth-order valence-corrected chi connectivity index (χ4v) is 11.6. The van der Waals surface area contributed by atoms with E-state index in [-0.39, 0.29) is 48.7 Å². The van der Waals surface area contributed by atoms with Crippen molar-refractivity contribution in [2.45, 2.75) is 152 Å². The fraction of sp³-hybridized carbons (Fsp3) is 0.946. The van der Waals surface area contributed by atoms with Crippen molar-refractivity contribution in [3.63, 3.8) is 0 Å². The lowest BCUT2D eigenvalue weighted by Crippen LogP contribution is -2.70. The molecule has 4 saturated carbocycles. The molecule has 0 aromatic carbocycles. The van der Waals surface area contributed by atoms with Crippen LogP contribution in [0.5, 0.6) is 0 Å². The Labute approximate surface area is 300 Å². The van der Waals surface area contributed by atoms with Gasteiger partial charge in [0.15, 0.2) is 12.6 Å². The molecular weight excluding hydrogens is 668 g/mol. The van der Waals surface area contributed by atoms with Crippen molar-refractivity contribution in [2.24, 2.45) is 46.3 Å². The molecule has 14 nitrogen and oxygen atoms in total. The first-order chi connectivity index (χ1) is 24.0. The van der Waals surface area contributed by atoms with E-state index >= 15 is 0 Å². The third kappa shape index (κ3) is 6.88. The second-order valence-corrected chi connectivity index (χ2v) is 17.4. The normalized spacial score (nSPS) is 54.2. The highest BCUT2D eigenvalue weighted by atomic mass is 16.8. The Morgan fingerprint density at radius 1 is 0.824 bits per heavy atom. The number of allylic oxidation sites excluding steroid dienone is 2. The molecule has 51 heavy (non-hydrogen) atoms. The zero-order valence-electron chi connectivity index (χ0n) is 30.2. The smallest absolute Gasteiger partial charge is 0.187 e. The van der Waals surface area contributed by atoms with Gasteiger partial charge in [0.05, 0.1) is 49.8 Å². The van der Waals surface area contributed by atoms with Crippen LogP contribution in [0.4, 0.5) is 0 Å². The van der Waals surface area contributed by atoms with Gasteiger partial charge in [0.2, 0.25) is 0 Å². The van der Waals surface area contributed by atoms with E-state index in [0.29, 0.717) is 32.1 Å². The third-order valence-corrected chi connectivity index (χ3v) is 14.2. The van der Waals surface area contributed by atoms with Gasteiger partial charge in [-0.25, -0.2) is 0 Å². The first-order valence-electron chi connectivity index (χ1n) is 19.0. The van der Waals surface area contributed by atoms with Crippen LogP contribution in [-0.4, -0.2) is 150 Å². The van der Waals surface area contributed by atoms with Gasteiger partial charge in [-0.3, -0.25) is 0 Å². The summed E-state index contributed by atoms with van der Waals surface area (Å²) in [7, 11) is 0. The average Bonchev–Trinajstić information content (AvgIpc) is 3.53. The van der Waals surface area contributed by atoms with Crippen molar-refractivity contribution >= 4 is 0 Å². The molecule has 6 rings (SSSR count). The van der Waals surface area contributed by atoms with E-state index < -0.39 is 103 Å². The maximum absolute atomic E-state index is 12.5. The SMILES string of the molecule is C[C@H](C/C=C/[C@@H](C)[C@H]1C[C@@H](O)[C@@H]2[C@]1(C)CC[C@@H]1[C@@]3(C)CC[C@H](O)[C@H](O)[C@@H]3[C@@H](O)C[C@]12O)CO[C@H]1O[C@H](CO)[C@@H](O)[C@@H]1O[C@@H]1OC[C@@H](O)[C@H](O)[C@H]1O. The summed E-state index contributed by atoms with van der Waals surface area (Å²) >= 11 is 0.